The number of sulfonamides is 1. The third-order valence-corrected chi connectivity index (χ3v) is 5.45. The van der Waals surface area contributed by atoms with E-state index in [2.05, 4.69) is 0 Å². The Morgan fingerprint density at radius 1 is 1.50 bits per heavy atom. The molecule has 1 amide bonds. The number of carbonyl (C=O) groups is 1. The summed E-state index contributed by atoms with van der Waals surface area (Å²) >= 11 is 0. The van der Waals surface area contributed by atoms with Crippen molar-refractivity contribution >= 4 is 15.9 Å². The maximum Gasteiger partial charge on any atom is 0.225 e. The van der Waals surface area contributed by atoms with Gasteiger partial charge in [0.15, 0.2) is 0 Å². The first-order valence-electron chi connectivity index (χ1n) is 6.21. The van der Waals surface area contributed by atoms with E-state index in [4.69, 9.17) is 9.88 Å². The quantitative estimate of drug-likeness (QED) is 0.772. The summed E-state index contributed by atoms with van der Waals surface area (Å²) in [5.74, 6) is -0.0253. The molecule has 2 N–H and O–H groups in total. The Morgan fingerprint density at radius 3 is 2.56 bits per heavy atom. The summed E-state index contributed by atoms with van der Waals surface area (Å²) < 4.78 is 27.9. The van der Waals surface area contributed by atoms with Gasteiger partial charge in [0.05, 0.1) is 17.3 Å². The number of methoxy groups -OCH3 is 1. The van der Waals surface area contributed by atoms with Gasteiger partial charge < -0.3 is 9.64 Å². The highest BCUT2D eigenvalue weighted by Crippen LogP contribution is 2.38. The van der Waals surface area contributed by atoms with Crippen molar-refractivity contribution < 1.29 is 17.9 Å². The van der Waals surface area contributed by atoms with Gasteiger partial charge in [-0.25, -0.2) is 13.6 Å². The molecule has 2 fully saturated rings. The average Bonchev–Trinajstić information content (AvgIpc) is 2.71. The molecule has 0 aromatic heterocycles. The number of amides is 1. The Bertz CT molecular complexity index is 425. The SMILES string of the molecule is COC1(CC(=O)N2CCC(S(N)(=O)=O)C2)CCC1. The van der Waals surface area contributed by atoms with Crippen LogP contribution in [0.3, 0.4) is 0 Å². The Balaban J connectivity index is 1.92. The number of nitrogens with zero attached hydrogens (tertiary/aromatic N) is 1. The first-order valence-corrected chi connectivity index (χ1v) is 7.82. The fourth-order valence-electron chi connectivity index (χ4n) is 2.63. The summed E-state index contributed by atoms with van der Waals surface area (Å²) in [4.78, 5) is 13.7. The largest absolute Gasteiger partial charge is 0.378 e. The molecule has 1 aliphatic carbocycles. The minimum absolute atomic E-state index is 0.0253. The van der Waals surface area contributed by atoms with E-state index in [1.54, 1.807) is 12.0 Å². The summed E-state index contributed by atoms with van der Waals surface area (Å²) in [5.41, 5.74) is -0.309. The standard InChI is InChI=1S/C11H20N2O4S/c1-17-11(4-2-5-11)7-10(14)13-6-3-9(8-13)18(12,15)16/h9H,2-8H2,1H3,(H2,12,15,16). The Hall–Kier alpha value is -0.660. The van der Waals surface area contributed by atoms with Crippen molar-refractivity contribution in [3.8, 4) is 0 Å². The van der Waals surface area contributed by atoms with Crippen molar-refractivity contribution in [2.45, 2.75) is 43.0 Å². The molecule has 18 heavy (non-hydrogen) atoms. The maximum absolute atomic E-state index is 12.1. The van der Waals surface area contributed by atoms with Crippen molar-refractivity contribution in [2.24, 2.45) is 5.14 Å². The molecule has 0 spiro atoms. The van der Waals surface area contributed by atoms with Gasteiger partial charge in [0.1, 0.15) is 0 Å². The first-order chi connectivity index (χ1) is 8.36. The van der Waals surface area contributed by atoms with Crippen molar-refractivity contribution in [3.05, 3.63) is 0 Å². The van der Waals surface area contributed by atoms with Crippen LogP contribution in [-0.2, 0) is 19.6 Å². The fraction of sp³-hybridized carbons (Fsp3) is 0.909. The average molecular weight is 276 g/mol. The van der Waals surface area contributed by atoms with Gasteiger partial charge in [-0.15, -0.1) is 0 Å². The maximum atomic E-state index is 12.1. The van der Waals surface area contributed by atoms with E-state index in [1.165, 1.54) is 0 Å². The third-order valence-electron chi connectivity index (χ3n) is 4.13. The molecule has 2 rings (SSSR count). The number of primary sulfonamides is 1. The van der Waals surface area contributed by atoms with Gasteiger partial charge >= 0.3 is 0 Å². The number of carbonyl (C=O) groups excluding carboxylic acids is 1. The number of nitrogens with two attached hydrogens (primary N) is 1. The van der Waals surface area contributed by atoms with E-state index >= 15 is 0 Å². The predicted molar refractivity (Wildman–Crippen MR) is 66.3 cm³/mol. The smallest absolute Gasteiger partial charge is 0.225 e. The minimum Gasteiger partial charge on any atom is -0.378 e. The van der Waals surface area contributed by atoms with Gasteiger partial charge in [-0.05, 0) is 25.7 Å². The zero-order valence-corrected chi connectivity index (χ0v) is 11.4. The van der Waals surface area contributed by atoms with Crippen molar-refractivity contribution in [1.82, 2.24) is 4.90 Å². The summed E-state index contributed by atoms with van der Waals surface area (Å²) in [6.45, 7) is 0.692. The molecular formula is C11H20N2O4S. The zero-order valence-electron chi connectivity index (χ0n) is 10.6. The van der Waals surface area contributed by atoms with Crippen molar-refractivity contribution in [1.29, 1.82) is 0 Å². The number of rotatable bonds is 4. The number of hydrogen-bond donors (Lipinski definition) is 1. The van der Waals surface area contributed by atoms with Crippen LogP contribution in [0.15, 0.2) is 0 Å². The van der Waals surface area contributed by atoms with Crippen LogP contribution in [0.4, 0.5) is 0 Å². The Morgan fingerprint density at radius 2 is 2.17 bits per heavy atom. The summed E-state index contributed by atoms with van der Waals surface area (Å²) in [6, 6.07) is 0. The predicted octanol–water partition coefficient (Wildman–Crippen LogP) is -0.165. The molecule has 1 saturated heterocycles. The normalized spacial score (nSPS) is 27.0. The summed E-state index contributed by atoms with van der Waals surface area (Å²) in [5, 5.41) is 4.49. The van der Waals surface area contributed by atoms with E-state index in [9.17, 15) is 13.2 Å². The van der Waals surface area contributed by atoms with E-state index < -0.39 is 15.3 Å². The lowest BCUT2D eigenvalue weighted by Gasteiger charge is -2.40. The highest BCUT2D eigenvalue weighted by atomic mass is 32.2. The zero-order chi connectivity index (χ0) is 13.4. The van der Waals surface area contributed by atoms with Gasteiger partial charge in [0.2, 0.25) is 15.9 Å². The van der Waals surface area contributed by atoms with Crippen LogP contribution in [0, 0.1) is 0 Å². The van der Waals surface area contributed by atoms with E-state index in [1.807, 2.05) is 0 Å². The molecule has 2 aliphatic rings. The van der Waals surface area contributed by atoms with Gasteiger partial charge in [-0.3, -0.25) is 4.79 Å². The second-order valence-corrected chi connectivity index (χ2v) is 7.10. The molecule has 0 aromatic carbocycles. The Kier molecular flexibility index (Phi) is 3.66. The van der Waals surface area contributed by atoms with Crippen LogP contribution in [0.5, 0.6) is 0 Å². The molecule has 0 bridgehead atoms. The molecule has 6 nitrogen and oxygen atoms in total. The lowest BCUT2D eigenvalue weighted by molar-refractivity contribution is -0.143. The van der Waals surface area contributed by atoms with Gasteiger partial charge in [0, 0.05) is 20.2 Å². The van der Waals surface area contributed by atoms with E-state index in [-0.39, 0.29) is 18.1 Å². The lowest BCUT2D eigenvalue weighted by Crippen LogP contribution is -2.45. The monoisotopic (exact) mass is 276 g/mol. The summed E-state index contributed by atoms with van der Waals surface area (Å²) in [6.07, 6.45) is 3.68. The lowest BCUT2D eigenvalue weighted by atomic mass is 9.77. The molecule has 1 aliphatic heterocycles. The van der Waals surface area contributed by atoms with Crippen molar-refractivity contribution in [3.63, 3.8) is 0 Å². The van der Waals surface area contributed by atoms with Gasteiger partial charge in [0.25, 0.3) is 0 Å². The number of ether oxygens (including phenoxy) is 1. The molecule has 104 valence electrons. The van der Waals surface area contributed by atoms with E-state index in [0.29, 0.717) is 19.4 Å². The topological polar surface area (TPSA) is 89.7 Å². The minimum atomic E-state index is -3.53. The first kappa shape index (κ1) is 13.8. The second kappa shape index (κ2) is 4.79. The van der Waals surface area contributed by atoms with Crippen LogP contribution in [-0.4, -0.2) is 50.3 Å². The number of likely N-dealkylation sites (tertiary alicyclic amines) is 1. The van der Waals surface area contributed by atoms with Crippen LogP contribution in [0.25, 0.3) is 0 Å². The second-order valence-electron chi connectivity index (χ2n) is 5.26. The molecule has 0 aromatic rings. The number of hydrogen-bond acceptors (Lipinski definition) is 4. The molecule has 1 saturated carbocycles. The molecule has 1 unspecified atom stereocenters. The Labute approximate surface area is 108 Å². The highest BCUT2D eigenvalue weighted by Gasteiger charge is 2.42. The van der Waals surface area contributed by atoms with E-state index in [0.717, 1.165) is 19.3 Å². The fourth-order valence-corrected chi connectivity index (χ4v) is 3.46. The highest BCUT2D eigenvalue weighted by molar-refractivity contribution is 7.89. The summed E-state index contributed by atoms with van der Waals surface area (Å²) in [7, 11) is -1.91. The molecular weight excluding hydrogens is 256 g/mol. The van der Waals surface area contributed by atoms with Gasteiger partial charge in [-0.2, -0.15) is 0 Å². The van der Waals surface area contributed by atoms with Crippen molar-refractivity contribution in [2.75, 3.05) is 20.2 Å². The molecule has 1 atom stereocenters. The third kappa shape index (κ3) is 2.67. The van der Waals surface area contributed by atoms with Gasteiger partial charge in [-0.1, -0.05) is 0 Å². The van der Waals surface area contributed by atoms with Crippen LogP contribution >= 0.6 is 0 Å². The molecule has 0 radical (unpaired) electrons. The molecule has 7 heteroatoms. The van der Waals surface area contributed by atoms with Crippen LogP contribution in [0.2, 0.25) is 0 Å². The van der Waals surface area contributed by atoms with Crippen LogP contribution in [0.1, 0.15) is 32.1 Å². The van der Waals surface area contributed by atoms with Crippen LogP contribution < -0.4 is 5.14 Å². The molecule has 1 heterocycles.